The SMILES string of the molecule is CSCCC(NC(=O)c1ccco1)C(=O)N1CCN(C(=O)c2cccs2)CC1. The summed E-state index contributed by atoms with van der Waals surface area (Å²) in [5.74, 6) is 0.444. The van der Waals surface area contributed by atoms with Gasteiger partial charge in [-0.2, -0.15) is 11.8 Å². The zero-order valence-corrected chi connectivity index (χ0v) is 17.3. The van der Waals surface area contributed by atoms with E-state index < -0.39 is 11.9 Å². The first-order valence-electron chi connectivity index (χ1n) is 9.05. The summed E-state index contributed by atoms with van der Waals surface area (Å²) in [4.78, 5) is 42.0. The molecule has 0 spiro atoms. The van der Waals surface area contributed by atoms with Crippen LogP contribution in [0.1, 0.15) is 26.6 Å². The molecular formula is C19H23N3O4S2. The molecule has 1 fully saturated rings. The Kier molecular flexibility index (Phi) is 7.16. The summed E-state index contributed by atoms with van der Waals surface area (Å²) in [6.07, 6.45) is 3.93. The molecular weight excluding hydrogens is 398 g/mol. The summed E-state index contributed by atoms with van der Waals surface area (Å²) in [6.45, 7) is 1.90. The quantitative estimate of drug-likeness (QED) is 0.741. The molecule has 0 aliphatic carbocycles. The van der Waals surface area contributed by atoms with Crippen molar-refractivity contribution < 1.29 is 18.8 Å². The first-order valence-corrected chi connectivity index (χ1v) is 11.3. The van der Waals surface area contributed by atoms with Crippen LogP contribution in [0.3, 0.4) is 0 Å². The molecule has 150 valence electrons. The van der Waals surface area contributed by atoms with Crippen molar-refractivity contribution in [1.29, 1.82) is 0 Å². The molecule has 2 aromatic rings. The fourth-order valence-electron chi connectivity index (χ4n) is 3.04. The second kappa shape index (κ2) is 9.79. The minimum atomic E-state index is -0.607. The van der Waals surface area contributed by atoms with Crippen molar-refractivity contribution in [3.63, 3.8) is 0 Å². The van der Waals surface area contributed by atoms with Crippen molar-refractivity contribution >= 4 is 40.8 Å². The van der Waals surface area contributed by atoms with Crippen molar-refractivity contribution in [3.05, 3.63) is 46.5 Å². The van der Waals surface area contributed by atoms with E-state index in [4.69, 9.17) is 4.42 Å². The summed E-state index contributed by atoms with van der Waals surface area (Å²) in [7, 11) is 0. The smallest absolute Gasteiger partial charge is 0.287 e. The van der Waals surface area contributed by atoms with Crippen LogP contribution in [-0.2, 0) is 4.79 Å². The second-order valence-corrected chi connectivity index (χ2v) is 8.31. The highest BCUT2D eigenvalue weighted by atomic mass is 32.2. The van der Waals surface area contributed by atoms with Crippen LogP contribution < -0.4 is 5.32 Å². The summed E-state index contributed by atoms with van der Waals surface area (Å²) in [5, 5.41) is 4.67. The minimum absolute atomic E-state index is 0.00662. The number of carbonyl (C=O) groups is 3. The van der Waals surface area contributed by atoms with Crippen LogP contribution in [0.2, 0.25) is 0 Å². The van der Waals surface area contributed by atoms with E-state index >= 15 is 0 Å². The average molecular weight is 422 g/mol. The topological polar surface area (TPSA) is 82.9 Å². The van der Waals surface area contributed by atoms with Gasteiger partial charge in [-0.25, -0.2) is 0 Å². The third kappa shape index (κ3) is 4.96. The van der Waals surface area contributed by atoms with Crippen LogP contribution in [0.5, 0.6) is 0 Å². The Morgan fingerprint density at radius 3 is 2.54 bits per heavy atom. The zero-order chi connectivity index (χ0) is 19.9. The van der Waals surface area contributed by atoms with Gasteiger partial charge < -0.3 is 19.5 Å². The first kappa shape index (κ1) is 20.5. The molecule has 1 unspecified atom stereocenters. The Hall–Kier alpha value is -2.26. The molecule has 3 heterocycles. The number of thioether (sulfide) groups is 1. The highest BCUT2D eigenvalue weighted by Gasteiger charge is 2.30. The highest BCUT2D eigenvalue weighted by Crippen LogP contribution is 2.15. The summed E-state index contributed by atoms with van der Waals surface area (Å²) in [6, 6.07) is 6.27. The van der Waals surface area contributed by atoms with Crippen LogP contribution >= 0.6 is 23.1 Å². The molecule has 1 N–H and O–H groups in total. The number of thiophene rings is 1. The van der Waals surface area contributed by atoms with Crippen LogP contribution in [0, 0.1) is 0 Å². The van der Waals surface area contributed by atoms with E-state index in [1.165, 1.54) is 17.6 Å². The number of furan rings is 1. The maximum Gasteiger partial charge on any atom is 0.287 e. The molecule has 9 heteroatoms. The zero-order valence-electron chi connectivity index (χ0n) is 15.6. The van der Waals surface area contributed by atoms with Crippen LogP contribution in [0.4, 0.5) is 0 Å². The molecule has 1 aliphatic heterocycles. The number of hydrogen-bond acceptors (Lipinski definition) is 6. The fraction of sp³-hybridized carbons (Fsp3) is 0.421. The molecule has 28 heavy (non-hydrogen) atoms. The van der Waals surface area contributed by atoms with E-state index in [1.807, 2.05) is 23.8 Å². The van der Waals surface area contributed by atoms with Gasteiger partial charge in [-0.15, -0.1) is 11.3 Å². The lowest BCUT2D eigenvalue weighted by Crippen LogP contribution is -2.56. The Balaban J connectivity index is 1.58. The summed E-state index contributed by atoms with van der Waals surface area (Å²) < 4.78 is 5.12. The van der Waals surface area contributed by atoms with Crippen molar-refractivity contribution in [2.75, 3.05) is 38.2 Å². The van der Waals surface area contributed by atoms with Gasteiger partial charge in [-0.1, -0.05) is 6.07 Å². The number of nitrogens with zero attached hydrogens (tertiary/aromatic N) is 2. The first-order chi connectivity index (χ1) is 13.6. The maximum absolute atomic E-state index is 13.0. The average Bonchev–Trinajstić information content (AvgIpc) is 3.44. The van der Waals surface area contributed by atoms with Crippen molar-refractivity contribution in [1.82, 2.24) is 15.1 Å². The molecule has 1 aliphatic rings. The molecule has 0 radical (unpaired) electrons. The van der Waals surface area contributed by atoms with E-state index in [-0.39, 0.29) is 17.6 Å². The molecule has 0 aromatic carbocycles. The van der Waals surface area contributed by atoms with Gasteiger partial charge in [0.15, 0.2) is 5.76 Å². The summed E-state index contributed by atoms with van der Waals surface area (Å²) >= 11 is 3.04. The molecule has 0 saturated carbocycles. The maximum atomic E-state index is 13.0. The van der Waals surface area contributed by atoms with Gasteiger partial charge in [-0.3, -0.25) is 14.4 Å². The van der Waals surface area contributed by atoms with Crippen LogP contribution in [-0.4, -0.2) is 71.8 Å². The molecule has 3 amide bonds. The van der Waals surface area contributed by atoms with E-state index in [0.29, 0.717) is 37.5 Å². The Bertz CT molecular complexity index is 784. The largest absolute Gasteiger partial charge is 0.459 e. The van der Waals surface area contributed by atoms with Gasteiger partial charge in [0.25, 0.3) is 11.8 Å². The Labute approximate surface area is 172 Å². The van der Waals surface area contributed by atoms with E-state index in [9.17, 15) is 14.4 Å². The molecule has 1 atom stereocenters. The number of amides is 3. The molecule has 1 saturated heterocycles. The van der Waals surface area contributed by atoms with E-state index in [2.05, 4.69) is 5.32 Å². The molecule has 3 rings (SSSR count). The monoisotopic (exact) mass is 421 g/mol. The standard InChI is InChI=1S/C19H23N3O4S2/c1-27-13-6-14(20-17(23)15-4-2-11-26-15)18(24)21-7-9-22(10-8-21)19(25)16-5-3-12-28-16/h2-5,11-12,14H,6-10,13H2,1H3,(H,20,23). The van der Waals surface area contributed by atoms with Crippen molar-refractivity contribution in [2.24, 2.45) is 0 Å². The van der Waals surface area contributed by atoms with Gasteiger partial charge in [0, 0.05) is 26.2 Å². The Morgan fingerprint density at radius 1 is 1.18 bits per heavy atom. The van der Waals surface area contributed by atoms with Crippen molar-refractivity contribution in [2.45, 2.75) is 12.5 Å². The number of nitrogens with one attached hydrogen (secondary N) is 1. The van der Waals surface area contributed by atoms with E-state index in [0.717, 1.165) is 5.75 Å². The molecule has 2 aromatic heterocycles. The summed E-state index contributed by atoms with van der Waals surface area (Å²) in [5.41, 5.74) is 0. The normalized spacial score (nSPS) is 15.3. The number of hydrogen-bond donors (Lipinski definition) is 1. The Morgan fingerprint density at radius 2 is 1.93 bits per heavy atom. The van der Waals surface area contributed by atoms with Gasteiger partial charge in [0.1, 0.15) is 6.04 Å². The van der Waals surface area contributed by atoms with Gasteiger partial charge in [0.2, 0.25) is 5.91 Å². The fourth-order valence-corrected chi connectivity index (χ4v) is 4.20. The van der Waals surface area contributed by atoms with Gasteiger partial charge in [-0.05, 0) is 42.0 Å². The number of carbonyl (C=O) groups excluding carboxylic acids is 3. The van der Waals surface area contributed by atoms with E-state index in [1.54, 1.807) is 33.7 Å². The van der Waals surface area contributed by atoms with Crippen LogP contribution in [0.25, 0.3) is 0 Å². The third-order valence-electron chi connectivity index (χ3n) is 4.57. The lowest BCUT2D eigenvalue weighted by Gasteiger charge is -2.36. The molecule has 7 nitrogen and oxygen atoms in total. The second-order valence-electron chi connectivity index (χ2n) is 6.38. The number of piperazine rings is 1. The predicted molar refractivity (Wildman–Crippen MR) is 110 cm³/mol. The number of rotatable bonds is 7. The lowest BCUT2D eigenvalue weighted by molar-refractivity contribution is -0.134. The van der Waals surface area contributed by atoms with Gasteiger partial charge in [0.05, 0.1) is 11.1 Å². The highest BCUT2D eigenvalue weighted by molar-refractivity contribution is 7.98. The molecule has 0 bridgehead atoms. The van der Waals surface area contributed by atoms with Gasteiger partial charge >= 0.3 is 0 Å². The minimum Gasteiger partial charge on any atom is -0.459 e. The van der Waals surface area contributed by atoms with Crippen LogP contribution in [0.15, 0.2) is 40.3 Å². The predicted octanol–water partition coefficient (Wildman–Crippen LogP) is 2.18. The lowest BCUT2D eigenvalue weighted by atomic mass is 10.1. The third-order valence-corrected chi connectivity index (χ3v) is 6.07. The van der Waals surface area contributed by atoms with Crippen molar-refractivity contribution in [3.8, 4) is 0 Å².